The predicted octanol–water partition coefficient (Wildman–Crippen LogP) is 3.58. The summed E-state index contributed by atoms with van der Waals surface area (Å²) in [6.07, 6.45) is -1.25. The number of halogens is 2. The molecule has 306 valence electrons. The van der Waals surface area contributed by atoms with Gasteiger partial charge in [0, 0.05) is 13.1 Å². The summed E-state index contributed by atoms with van der Waals surface area (Å²) in [5.74, 6) is 0.0944. The number of nitrogens with zero attached hydrogens (tertiary/aromatic N) is 8. The van der Waals surface area contributed by atoms with Gasteiger partial charge in [-0.05, 0) is 40.5 Å². The molecule has 0 spiro atoms. The number of fused-ring (bicyclic) bond motifs is 4. The summed E-state index contributed by atoms with van der Waals surface area (Å²) in [5.41, 5.74) is 9.20. The van der Waals surface area contributed by atoms with Crippen molar-refractivity contribution in [3.05, 3.63) is 18.3 Å². The average Bonchev–Trinajstić information content (AvgIpc) is 3.87. The summed E-state index contributed by atoms with van der Waals surface area (Å²) in [6.45, 7) is 6.62. The molecule has 4 aromatic heterocycles. The van der Waals surface area contributed by atoms with Crippen molar-refractivity contribution < 1.29 is 50.2 Å². The summed E-state index contributed by atoms with van der Waals surface area (Å²) in [5, 5.41) is 5.63. The molecule has 21 nitrogen and oxygen atoms in total. The first-order chi connectivity index (χ1) is 26.6. The van der Waals surface area contributed by atoms with Gasteiger partial charge in [-0.1, -0.05) is 12.8 Å². The molecule has 2 unspecified atom stereocenters. The second kappa shape index (κ2) is 14.7. The molecule has 4 saturated heterocycles. The number of ether oxygens (including phenoxy) is 3. The number of imidazole rings is 2. The summed E-state index contributed by atoms with van der Waals surface area (Å²) in [4.78, 5) is 25.2. The van der Waals surface area contributed by atoms with Crippen molar-refractivity contribution in [3.8, 4) is 5.88 Å². The van der Waals surface area contributed by atoms with Gasteiger partial charge in [-0.2, -0.15) is 15.0 Å². The molecule has 6 N–H and O–H groups in total. The third-order valence-electron chi connectivity index (χ3n) is 10.2. The molecule has 4 aliphatic rings. The Morgan fingerprint density at radius 3 is 1.80 bits per heavy atom. The van der Waals surface area contributed by atoms with Crippen molar-refractivity contribution in [3.63, 3.8) is 0 Å². The number of unbranched alkanes of at least 4 members (excludes halogenated alkanes) is 3. The lowest BCUT2D eigenvalue weighted by molar-refractivity contribution is -0.0608. The highest BCUT2D eigenvalue weighted by Crippen LogP contribution is 2.58. The third kappa shape index (κ3) is 7.05. The third-order valence-corrected chi connectivity index (χ3v) is 13.4. The van der Waals surface area contributed by atoms with Crippen LogP contribution in [0.5, 0.6) is 5.88 Å². The SMILES string of the molecule is CCOc1nc(N)nc2c1ncn2[C@@H]1O[C@@H]2COP(=O)(NCCCCCCNP3(=O)OC[C@H]4O[C@@H](n5cnc6c(C)nc(N)nc65)[C@](C)(F)[C@@H]4O3)O[C@H]2[C@@]1(C)F. The number of nitrogen functional groups attached to an aromatic ring is 2. The quantitative estimate of drug-likeness (QED) is 0.111. The number of hydrogen-bond acceptors (Lipinski definition) is 17. The molecule has 4 aromatic rings. The maximum Gasteiger partial charge on any atom is 0.406 e. The number of rotatable bonds is 13. The van der Waals surface area contributed by atoms with Gasteiger partial charge in [0.15, 0.2) is 40.6 Å². The van der Waals surface area contributed by atoms with Crippen molar-refractivity contribution in [2.75, 3.05) is 44.4 Å². The number of anilines is 2. The van der Waals surface area contributed by atoms with Crippen LogP contribution in [0.25, 0.3) is 22.3 Å². The molecule has 25 heteroatoms. The van der Waals surface area contributed by atoms with Gasteiger partial charge in [-0.15, -0.1) is 0 Å². The fourth-order valence-corrected chi connectivity index (χ4v) is 10.8. The minimum Gasteiger partial charge on any atom is -0.476 e. The van der Waals surface area contributed by atoms with Crippen LogP contribution in [0.15, 0.2) is 12.7 Å². The first kappa shape index (κ1) is 39.3. The molecule has 0 saturated carbocycles. The Hall–Kier alpha value is -3.50. The van der Waals surface area contributed by atoms with Crippen molar-refractivity contribution >= 4 is 49.7 Å². The van der Waals surface area contributed by atoms with Crippen LogP contribution in [0.1, 0.15) is 64.6 Å². The maximum absolute atomic E-state index is 16.5. The summed E-state index contributed by atoms with van der Waals surface area (Å²) < 4.78 is 103. The van der Waals surface area contributed by atoms with Crippen LogP contribution in [-0.2, 0) is 36.7 Å². The van der Waals surface area contributed by atoms with Gasteiger partial charge in [0.25, 0.3) is 0 Å². The highest BCUT2D eigenvalue weighted by Gasteiger charge is 2.62. The van der Waals surface area contributed by atoms with Crippen LogP contribution in [-0.4, -0.2) is 108 Å². The van der Waals surface area contributed by atoms with Gasteiger partial charge >= 0.3 is 15.5 Å². The Bertz CT molecular complexity index is 2210. The van der Waals surface area contributed by atoms with E-state index in [0.717, 1.165) is 0 Å². The van der Waals surface area contributed by atoms with Gasteiger partial charge in [0.2, 0.25) is 17.8 Å². The molecule has 4 fully saturated rings. The predicted molar refractivity (Wildman–Crippen MR) is 194 cm³/mol. The van der Waals surface area contributed by atoms with E-state index in [9.17, 15) is 9.13 Å². The fourth-order valence-electron chi connectivity index (χ4n) is 7.49. The lowest BCUT2D eigenvalue weighted by atomic mass is 9.98. The summed E-state index contributed by atoms with van der Waals surface area (Å²) >= 11 is 0. The van der Waals surface area contributed by atoms with Crippen LogP contribution in [0.2, 0.25) is 0 Å². The molecule has 0 aromatic carbocycles. The first-order valence-corrected chi connectivity index (χ1v) is 21.4. The van der Waals surface area contributed by atoms with E-state index >= 15 is 8.78 Å². The Kier molecular flexibility index (Phi) is 10.3. The van der Waals surface area contributed by atoms with Crippen LogP contribution < -0.4 is 26.4 Å². The van der Waals surface area contributed by atoms with Crippen LogP contribution >= 0.6 is 15.5 Å². The second-order valence-corrected chi connectivity index (χ2v) is 17.9. The van der Waals surface area contributed by atoms with Gasteiger partial charge in [-0.3, -0.25) is 27.2 Å². The van der Waals surface area contributed by atoms with Crippen LogP contribution in [0, 0.1) is 6.92 Å². The second-order valence-electron chi connectivity index (χ2n) is 14.4. The van der Waals surface area contributed by atoms with Gasteiger partial charge < -0.3 is 25.7 Å². The molecule has 0 radical (unpaired) electrons. The standard InChI is InChI=1S/C31H44F2N12O9P2/c1-5-48-25-20-24(42-29(35)43-25)45(15-37-20)27-31(4,33)22-18(52-27)13-50-56(47,54-22)39-11-9-7-6-8-10-38-55(46)49-12-17-21(53-55)30(3,32)26(51-17)44-14-36-19-16(2)40-28(34)41-23(19)44/h14-15,17-18,21-22,26-27H,5-13H2,1-4H3,(H,38,46)(H,39,47)(H2,34,40,41)(H2,35,42,43)/t17-,18-,21-,22-,26-,27-,30-,31-,55?,56?/m1/s1. The number of nitrogens with two attached hydrogens (primary N) is 2. The number of aromatic nitrogens is 8. The Morgan fingerprint density at radius 1 is 0.804 bits per heavy atom. The van der Waals surface area contributed by atoms with Crippen molar-refractivity contribution in [1.29, 1.82) is 0 Å². The summed E-state index contributed by atoms with van der Waals surface area (Å²) in [7, 11) is -7.75. The molecular formula is C31H44F2N12O9P2. The smallest absolute Gasteiger partial charge is 0.406 e. The minimum absolute atomic E-state index is 0.0136. The number of aryl methyl sites for hydroxylation is 1. The highest BCUT2D eigenvalue weighted by atomic mass is 31.2. The maximum atomic E-state index is 16.5. The van der Waals surface area contributed by atoms with Crippen molar-refractivity contribution in [1.82, 2.24) is 49.2 Å². The van der Waals surface area contributed by atoms with Crippen LogP contribution in [0.4, 0.5) is 20.7 Å². The van der Waals surface area contributed by atoms with Gasteiger partial charge in [0.05, 0.1) is 38.2 Å². The Labute approximate surface area is 319 Å². The van der Waals surface area contributed by atoms with E-state index in [4.69, 9.17) is 43.8 Å². The topological polar surface area (TPSA) is 262 Å². The lowest BCUT2D eigenvalue weighted by Gasteiger charge is -2.34. The molecular weight excluding hydrogens is 784 g/mol. The largest absolute Gasteiger partial charge is 0.476 e. The Balaban J connectivity index is 0.788. The van der Waals surface area contributed by atoms with E-state index in [-0.39, 0.29) is 55.2 Å². The van der Waals surface area contributed by atoms with Crippen LogP contribution in [0.3, 0.4) is 0 Å². The highest BCUT2D eigenvalue weighted by molar-refractivity contribution is 7.52. The molecule has 0 bridgehead atoms. The zero-order chi connectivity index (χ0) is 39.6. The van der Waals surface area contributed by atoms with E-state index in [1.165, 1.54) is 35.6 Å². The fraction of sp³-hybridized carbons (Fsp3) is 0.677. The zero-order valence-electron chi connectivity index (χ0n) is 31.0. The van der Waals surface area contributed by atoms with E-state index in [2.05, 4.69) is 40.1 Å². The summed E-state index contributed by atoms with van der Waals surface area (Å²) in [6, 6.07) is 0. The van der Waals surface area contributed by atoms with E-state index in [1.54, 1.807) is 13.8 Å². The zero-order valence-corrected chi connectivity index (χ0v) is 32.8. The van der Waals surface area contributed by atoms with E-state index < -0.39 is 63.7 Å². The lowest BCUT2D eigenvalue weighted by Crippen LogP contribution is -2.46. The first-order valence-electron chi connectivity index (χ1n) is 18.3. The van der Waals surface area contributed by atoms with Crippen molar-refractivity contribution in [2.45, 2.75) is 102 Å². The Morgan fingerprint density at radius 2 is 1.29 bits per heavy atom. The van der Waals surface area contributed by atoms with Crippen molar-refractivity contribution in [2.24, 2.45) is 0 Å². The number of nitrogens with one attached hydrogen (secondary N) is 2. The van der Waals surface area contributed by atoms with E-state index in [0.29, 0.717) is 49.1 Å². The molecule has 4 aliphatic heterocycles. The van der Waals surface area contributed by atoms with Gasteiger partial charge in [-0.25, -0.2) is 43.0 Å². The van der Waals surface area contributed by atoms with E-state index in [1.807, 2.05) is 0 Å². The van der Waals surface area contributed by atoms with Gasteiger partial charge in [0.1, 0.15) is 29.9 Å². The molecule has 0 aliphatic carbocycles. The molecule has 8 heterocycles. The average molecular weight is 829 g/mol. The molecule has 10 atom stereocenters. The number of alkyl halides is 2. The normalized spacial score (nSPS) is 35.6. The molecule has 0 amide bonds. The monoisotopic (exact) mass is 828 g/mol. The number of hydrogen-bond donors (Lipinski definition) is 4. The molecule has 8 rings (SSSR count). The molecule has 56 heavy (non-hydrogen) atoms. The minimum atomic E-state index is -3.89.